The molecule has 0 amide bonds. The predicted octanol–water partition coefficient (Wildman–Crippen LogP) is 3.95. The predicted molar refractivity (Wildman–Crippen MR) is 112 cm³/mol. The summed E-state index contributed by atoms with van der Waals surface area (Å²) in [6.45, 7) is 10.4. The molecule has 0 aliphatic carbocycles. The first kappa shape index (κ1) is 19.3. The number of esters is 2. The molecule has 0 radical (unpaired) electrons. The maximum absolute atomic E-state index is 12.6. The molecule has 0 saturated heterocycles. The second-order valence-electron chi connectivity index (χ2n) is 7.49. The zero-order valence-electron chi connectivity index (χ0n) is 17.4. The molecule has 2 aliphatic rings. The second kappa shape index (κ2) is 7.43. The highest BCUT2D eigenvalue weighted by atomic mass is 16.5. The van der Waals surface area contributed by atoms with Crippen LogP contribution in [0.25, 0.3) is 0 Å². The summed E-state index contributed by atoms with van der Waals surface area (Å²) in [5, 5.41) is 0. The van der Waals surface area contributed by atoms with E-state index < -0.39 is 0 Å². The van der Waals surface area contributed by atoms with Crippen LogP contribution in [0.4, 0.5) is 11.4 Å². The standard InChI is InChI=1S/C23H26N2O4/c1-5-28-22(26)16-9-7-14(3)20-18(16)11-24-13-25(20)12-19-17(23(27)29-6-2)10-8-15(4)21(19)24/h7-10H,5-6,11-13H2,1-4H3. The molecule has 4 rings (SSSR count). The monoisotopic (exact) mass is 394 g/mol. The van der Waals surface area contributed by atoms with Gasteiger partial charge in [-0.15, -0.1) is 0 Å². The van der Waals surface area contributed by atoms with Gasteiger partial charge >= 0.3 is 11.9 Å². The molecule has 0 N–H and O–H groups in total. The van der Waals surface area contributed by atoms with Crippen molar-refractivity contribution < 1.29 is 19.1 Å². The minimum atomic E-state index is -0.289. The minimum absolute atomic E-state index is 0.289. The van der Waals surface area contributed by atoms with E-state index in [4.69, 9.17) is 9.47 Å². The zero-order valence-corrected chi connectivity index (χ0v) is 17.4. The molecular weight excluding hydrogens is 368 g/mol. The second-order valence-corrected chi connectivity index (χ2v) is 7.49. The van der Waals surface area contributed by atoms with Gasteiger partial charge in [-0.2, -0.15) is 0 Å². The molecule has 6 nitrogen and oxygen atoms in total. The van der Waals surface area contributed by atoms with E-state index >= 15 is 0 Å². The van der Waals surface area contributed by atoms with E-state index in [2.05, 4.69) is 23.6 Å². The maximum atomic E-state index is 12.6. The molecule has 0 saturated carbocycles. The van der Waals surface area contributed by atoms with Crippen molar-refractivity contribution in [2.24, 2.45) is 0 Å². The molecule has 2 aliphatic heterocycles. The van der Waals surface area contributed by atoms with Gasteiger partial charge < -0.3 is 19.3 Å². The summed E-state index contributed by atoms with van der Waals surface area (Å²) in [7, 11) is 0. The van der Waals surface area contributed by atoms with Gasteiger partial charge in [0.1, 0.15) is 0 Å². The fraction of sp³-hybridized carbons (Fsp3) is 0.391. The highest BCUT2D eigenvalue weighted by molar-refractivity contribution is 5.96. The first-order valence-corrected chi connectivity index (χ1v) is 10.0. The third kappa shape index (κ3) is 3.12. The van der Waals surface area contributed by atoms with Gasteiger partial charge in [-0.05, 0) is 51.0 Å². The Hall–Kier alpha value is -3.02. The number of aryl methyl sites for hydroxylation is 2. The topological polar surface area (TPSA) is 59.1 Å². The van der Waals surface area contributed by atoms with E-state index in [1.165, 1.54) is 0 Å². The molecule has 0 atom stereocenters. The Morgan fingerprint density at radius 1 is 0.793 bits per heavy atom. The number of rotatable bonds is 4. The van der Waals surface area contributed by atoms with Crippen molar-refractivity contribution in [1.29, 1.82) is 0 Å². The number of hydrogen-bond donors (Lipinski definition) is 0. The van der Waals surface area contributed by atoms with Crippen molar-refractivity contribution in [3.63, 3.8) is 0 Å². The Balaban J connectivity index is 1.83. The van der Waals surface area contributed by atoms with Crippen LogP contribution >= 0.6 is 0 Å². The van der Waals surface area contributed by atoms with Gasteiger partial charge in [0.2, 0.25) is 0 Å². The lowest BCUT2D eigenvalue weighted by atomic mass is 9.92. The minimum Gasteiger partial charge on any atom is -0.462 e. The Morgan fingerprint density at radius 2 is 1.21 bits per heavy atom. The van der Waals surface area contributed by atoms with Crippen LogP contribution in [0.2, 0.25) is 0 Å². The number of fused-ring (bicyclic) bond motifs is 6. The van der Waals surface area contributed by atoms with Crippen molar-refractivity contribution in [3.05, 3.63) is 57.6 Å². The quantitative estimate of drug-likeness (QED) is 0.732. The van der Waals surface area contributed by atoms with Crippen molar-refractivity contribution in [3.8, 4) is 0 Å². The molecule has 29 heavy (non-hydrogen) atoms. The van der Waals surface area contributed by atoms with Crippen LogP contribution in [-0.2, 0) is 22.6 Å². The van der Waals surface area contributed by atoms with Crippen LogP contribution in [0.1, 0.15) is 56.8 Å². The zero-order chi connectivity index (χ0) is 20.7. The summed E-state index contributed by atoms with van der Waals surface area (Å²) in [5.41, 5.74) is 7.56. The lowest BCUT2D eigenvalue weighted by Gasteiger charge is -2.46. The normalized spacial score (nSPS) is 14.2. The summed E-state index contributed by atoms with van der Waals surface area (Å²) in [6, 6.07) is 7.66. The first-order chi connectivity index (χ1) is 14.0. The van der Waals surface area contributed by atoms with Gasteiger partial charge in [-0.25, -0.2) is 9.59 Å². The Kier molecular flexibility index (Phi) is 4.94. The summed E-state index contributed by atoms with van der Waals surface area (Å²) < 4.78 is 10.6. The summed E-state index contributed by atoms with van der Waals surface area (Å²) in [5.74, 6) is -0.577. The lowest BCUT2D eigenvalue weighted by Crippen LogP contribution is -2.47. The van der Waals surface area contributed by atoms with Crippen molar-refractivity contribution in [1.82, 2.24) is 0 Å². The molecule has 0 aromatic heterocycles. The molecule has 2 bridgehead atoms. The number of hydrogen-bond acceptors (Lipinski definition) is 6. The summed E-state index contributed by atoms with van der Waals surface area (Å²) >= 11 is 0. The maximum Gasteiger partial charge on any atom is 0.338 e. The third-order valence-corrected chi connectivity index (χ3v) is 5.63. The molecule has 2 aromatic rings. The van der Waals surface area contributed by atoms with E-state index in [1.807, 2.05) is 38.1 Å². The van der Waals surface area contributed by atoms with E-state index in [0.717, 1.165) is 40.3 Å². The van der Waals surface area contributed by atoms with Crippen molar-refractivity contribution >= 4 is 23.3 Å². The van der Waals surface area contributed by atoms with Crippen LogP contribution in [0, 0.1) is 13.8 Å². The van der Waals surface area contributed by atoms with Gasteiger partial charge in [0.25, 0.3) is 0 Å². The largest absolute Gasteiger partial charge is 0.462 e. The smallest absolute Gasteiger partial charge is 0.338 e. The van der Waals surface area contributed by atoms with Crippen molar-refractivity contribution in [2.45, 2.75) is 40.8 Å². The van der Waals surface area contributed by atoms with Crippen molar-refractivity contribution in [2.75, 3.05) is 29.7 Å². The number of benzene rings is 2. The number of anilines is 2. The average Bonchev–Trinajstić information content (AvgIpc) is 2.68. The molecule has 0 unspecified atom stereocenters. The van der Waals surface area contributed by atoms with Crippen LogP contribution in [0.5, 0.6) is 0 Å². The summed E-state index contributed by atoms with van der Waals surface area (Å²) in [4.78, 5) is 29.6. The SMILES string of the molecule is CCOC(=O)c1ccc(C)c2c1CN1CN2Cc2c(C(=O)OCC)ccc(C)c21. The fourth-order valence-electron chi connectivity index (χ4n) is 4.49. The highest BCUT2D eigenvalue weighted by Gasteiger charge is 2.36. The number of ether oxygens (including phenoxy) is 2. The molecule has 2 aromatic carbocycles. The van der Waals surface area contributed by atoms with E-state index in [1.54, 1.807) is 0 Å². The molecule has 0 fully saturated rings. The van der Waals surface area contributed by atoms with Crippen LogP contribution in [0.15, 0.2) is 24.3 Å². The van der Waals surface area contributed by atoms with E-state index in [-0.39, 0.29) is 11.9 Å². The van der Waals surface area contributed by atoms with Crippen LogP contribution in [0.3, 0.4) is 0 Å². The summed E-state index contributed by atoms with van der Waals surface area (Å²) in [6.07, 6.45) is 0. The molecule has 2 heterocycles. The Labute approximate surface area is 171 Å². The fourth-order valence-corrected chi connectivity index (χ4v) is 4.49. The molecule has 152 valence electrons. The molecular formula is C23H26N2O4. The number of carbonyl (C=O) groups is 2. The number of nitrogens with zero attached hydrogens (tertiary/aromatic N) is 2. The van der Waals surface area contributed by atoms with Gasteiger partial charge in [0.05, 0.1) is 31.0 Å². The Morgan fingerprint density at radius 3 is 1.59 bits per heavy atom. The number of carbonyl (C=O) groups excluding carboxylic acids is 2. The van der Waals surface area contributed by atoms with E-state index in [9.17, 15) is 9.59 Å². The van der Waals surface area contributed by atoms with Crippen LogP contribution < -0.4 is 9.80 Å². The van der Waals surface area contributed by atoms with Crippen LogP contribution in [-0.4, -0.2) is 31.8 Å². The average molecular weight is 394 g/mol. The highest BCUT2D eigenvalue weighted by Crippen LogP contribution is 2.43. The molecule has 6 heteroatoms. The van der Waals surface area contributed by atoms with E-state index in [0.29, 0.717) is 37.4 Å². The van der Waals surface area contributed by atoms with Gasteiger partial charge in [-0.1, -0.05) is 12.1 Å². The third-order valence-electron chi connectivity index (χ3n) is 5.63. The van der Waals surface area contributed by atoms with Gasteiger partial charge in [-0.3, -0.25) is 0 Å². The lowest BCUT2D eigenvalue weighted by molar-refractivity contribution is 0.0516. The molecule has 0 spiro atoms. The Bertz CT molecular complexity index is 919. The van der Waals surface area contributed by atoms with Gasteiger partial charge in [0, 0.05) is 35.6 Å². The van der Waals surface area contributed by atoms with Gasteiger partial charge in [0.15, 0.2) is 0 Å². The first-order valence-electron chi connectivity index (χ1n) is 10.0.